The van der Waals surface area contributed by atoms with Gasteiger partial charge in [-0.15, -0.1) is 0 Å². The molecule has 1 amide bonds. The molecule has 2 rings (SSSR count). The van der Waals surface area contributed by atoms with E-state index in [1.165, 1.54) is 24.3 Å². The number of likely N-dealkylation sites (N-methyl/N-ethyl adjacent to an activating group) is 1. The lowest BCUT2D eigenvalue weighted by Gasteiger charge is -2.42. The molecule has 142 valence electrons. The van der Waals surface area contributed by atoms with Crippen LogP contribution in [0.3, 0.4) is 0 Å². The molecule has 0 radical (unpaired) electrons. The number of nitrogens with one attached hydrogen (secondary N) is 1. The fourth-order valence-electron chi connectivity index (χ4n) is 3.26. The number of amides is 1. The second-order valence-corrected chi connectivity index (χ2v) is 6.83. The van der Waals surface area contributed by atoms with Gasteiger partial charge in [0.05, 0.1) is 6.54 Å². The number of ketones is 1. The van der Waals surface area contributed by atoms with Gasteiger partial charge in [-0.1, -0.05) is 26.0 Å². The number of hydrogen-bond donors (Lipinski definition) is 2. The van der Waals surface area contributed by atoms with Gasteiger partial charge in [0.2, 0.25) is 5.91 Å². The number of benzene rings is 1. The number of Topliss-reactive ketones (excluding diaryl/α,β-unsaturated/α-hetero) is 1. The zero-order chi connectivity index (χ0) is 19.3. The average Bonchev–Trinajstić information content (AvgIpc) is 2.55. The Labute approximate surface area is 152 Å². The number of carboxylic acids is 1. The Morgan fingerprint density at radius 1 is 1.35 bits per heavy atom. The third-order valence-electron chi connectivity index (χ3n) is 4.79. The Morgan fingerprint density at radius 2 is 2.04 bits per heavy atom. The molecule has 1 fully saturated rings. The molecule has 0 aromatic heterocycles. The number of nitrogens with zero attached hydrogens (tertiary/aromatic N) is 1. The van der Waals surface area contributed by atoms with Gasteiger partial charge in [-0.25, -0.2) is 4.39 Å². The molecule has 1 aliphatic rings. The summed E-state index contributed by atoms with van der Waals surface area (Å²) >= 11 is 0. The van der Waals surface area contributed by atoms with Crippen molar-refractivity contribution in [1.82, 2.24) is 10.2 Å². The zero-order valence-corrected chi connectivity index (χ0v) is 15.1. The molecule has 7 heteroatoms. The number of aliphatic carboxylic acids is 1. The van der Waals surface area contributed by atoms with Gasteiger partial charge >= 0.3 is 5.97 Å². The Hall–Kier alpha value is -2.28. The summed E-state index contributed by atoms with van der Waals surface area (Å²) in [6.45, 7) is 4.22. The minimum Gasteiger partial charge on any atom is -0.480 e. The molecule has 26 heavy (non-hydrogen) atoms. The van der Waals surface area contributed by atoms with Gasteiger partial charge in [-0.3, -0.25) is 19.3 Å². The monoisotopic (exact) mass is 364 g/mol. The van der Waals surface area contributed by atoms with E-state index in [0.29, 0.717) is 19.4 Å². The minimum absolute atomic E-state index is 0.000996. The molecule has 0 bridgehead atoms. The van der Waals surface area contributed by atoms with Crippen molar-refractivity contribution in [2.24, 2.45) is 5.92 Å². The van der Waals surface area contributed by atoms with E-state index < -0.39 is 17.7 Å². The van der Waals surface area contributed by atoms with Crippen molar-refractivity contribution in [2.75, 3.05) is 13.1 Å². The fraction of sp³-hybridized carbons (Fsp3) is 0.526. The highest BCUT2D eigenvalue weighted by molar-refractivity contribution is 5.99. The van der Waals surface area contributed by atoms with E-state index in [1.807, 2.05) is 11.8 Å². The fourth-order valence-corrected chi connectivity index (χ4v) is 3.26. The molecule has 1 aliphatic carbocycles. The average molecular weight is 364 g/mol. The molecular formula is C19H25FN2O4. The highest BCUT2D eigenvalue weighted by Gasteiger charge is 2.35. The molecule has 0 spiro atoms. The first-order chi connectivity index (χ1) is 12.3. The molecule has 2 N–H and O–H groups in total. The summed E-state index contributed by atoms with van der Waals surface area (Å²) in [6.07, 6.45) is 1.46. The lowest BCUT2D eigenvalue weighted by atomic mass is 9.85. The van der Waals surface area contributed by atoms with Crippen LogP contribution >= 0.6 is 0 Å². The third-order valence-corrected chi connectivity index (χ3v) is 4.79. The van der Waals surface area contributed by atoms with Crippen LogP contribution in [0.5, 0.6) is 0 Å². The van der Waals surface area contributed by atoms with E-state index in [9.17, 15) is 18.8 Å². The molecular weight excluding hydrogens is 339 g/mol. The third kappa shape index (κ3) is 5.36. The van der Waals surface area contributed by atoms with Crippen LogP contribution in [0.2, 0.25) is 0 Å². The van der Waals surface area contributed by atoms with Crippen LogP contribution in [0.15, 0.2) is 24.3 Å². The smallest absolute Gasteiger partial charge is 0.317 e. The number of carboxylic acid groups (broad SMARTS) is 1. The molecule has 1 aromatic carbocycles. The van der Waals surface area contributed by atoms with Crippen molar-refractivity contribution in [3.63, 3.8) is 0 Å². The molecule has 1 atom stereocenters. The van der Waals surface area contributed by atoms with Gasteiger partial charge in [-0.05, 0) is 31.5 Å². The maximum atomic E-state index is 13.2. The maximum absolute atomic E-state index is 13.2. The first-order valence-corrected chi connectivity index (χ1v) is 8.85. The SMILES string of the molecule is CCN(CC(=O)O)C1CC(NC(=O)CC(C)C(=O)c2cccc(F)c2)C1. The maximum Gasteiger partial charge on any atom is 0.317 e. The number of hydrogen-bond acceptors (Lipinski definition) is 4. The lowest BCUT2D eigenvalue weighted by Crippen LogP contribution is -2.55. The second kappa shape index (κ2) is 8.89. The van der Waals surface area contributed by atoms with Gasteiger partial charge in [0.25, 0.3) is 0 Å². The molecule has 0 saturated heterocycles. The van der Waals surface area contributed by atoms with Crippen LogP contribution in [-0.2, 0) is 9.59 Å². The van der Waals surface area contributed by atoms with Crippen molar-refractivity contribution < 1.29 is 23.9 Å². The van der Waals surface area contributed by atoms with E-state index in [4.69, 9.17) is 5.11 Å². The normalized spacial score (nSPS) is 20.3. The van der Waals surface area contributed by atoms with Gasteiger partial charge in [0.1, 0.15) is 5.82 Å². The highest BCUT2D eigenvalue weighted by Crippen LogP contribution is 2.26. The number of carbonyl (C=O) groups excluding carboxylic acids is 2. The quantitative estimate of drug-likeness (QED) is 0.655. The largest absolute Gasteiger partial charge is 0.480 e. The Kier molecular flexibility index (Phi) is 6.85. The minimum atomic E-state index is -0.857. The van der Waals surface area contributed by atoms with Gasteiger partial charge in [-0.2, -0.15) is 0 Å². The van der Waals surface area contributed by atoms with Crippen molar-refractivity contribution >= 4 is 17.7 Å². The Morgan fingerprint density at radius 3 is 2.62 bits per heavy atom. The van der Waals surface area contributed by atoms with Gasteiger partial charge < -0.3 is 10.4 Å². The summed E-state index contributed by atoms with van der Waals surface area (Å²) in [5.41, 5.74) is 0.265. The first kappa shape index (κ1) is 20.0. The standard InChI is InChI=1S/C19H25FN2O4/c1-3-22(11-18(24)25)16-9-15(10-16)21-17(23)7-12(2)19(26)13-5-4-6-14(20)8-13/h4-6,8,12,15-16H,3,7,9-11H2,1-2H3,(H,21,23)(H,24,25). The number of rotatable bonds is 9. The first-order valence-electron chi connectivity index (χ1n) is 8.85. The van der Waals surface area contributed by atoms with E-state index in [-0.39, 0.29) is 42.3 Å². The van der Waals surface area contributed by atoms with E-state index in [1.54, 1.807) is 6.92 Å². The summed E-state index contributed by atoms with van der Waals surface area (Å²) in [6, 6.07) is 5.62. The van der Waals surface area contributed by atoms with E-state index >= 15 is 0 Å². The van der Waals surface area contributed by atoms with Crippen molar-refractivity contribution in [1.29, 1.82) is 0 Å². The zero-order valence-electron chi connectivity index (χ0n) is 15.1. The van der Waals surface area contributed by atoms with Crippen molar-refractivity contribution in [3.8, 4) is 0 Å². The molecule has 0 aliphatic heterocycles. The molecule has 6 nitrogen and oxygen atoms in total. The summed E-state index contributed by atoms with van der Waals surface area (Å²) in [5, 5.41) is 11.8. The van der Waals surface area contributed by atoms with Crippen LogP contribution in [0, 0.1) is 11.7 Å². The van der Waals surface area contributed by atoms with E-state index in [0.717, 1.165) is 0 Å². The van der Waals surface area contributed by atoms with Crippen LogP contribution in [0.25, 0.3) is 0 Å². The Bertz CT molecular complexity index is 673. The second-order valence-electron chi connectivity index (χ2n) is 6.83. The highest BCUT2D eigenvalue weighted by atomic mass is 19.1. The molecule has 1 unspecified atom stereocenters. The summed E-state index contributed by atoms with van der Waals surface area (Å²) in [5.74, 6) is -2.34. The Balaban J connectivity index is 1.77. The molecule has 1 saturated carbocycles. The summed E-state index contributed by atoms with van der Waals surface area (Å²) < 4.78 is 13.2. The van der Waals surface area contributed by atoms with Crippen LogP contribution in [0.4, 0.5) is 4.39 Å². The van der Waals surface area contributed by atoms with Crippen molar-refractivity contribution in [3.05, 3.63) is 35.6 Å². The topological polar surface area (TPSA) is 86.7 Å². The summed E-state index contributed by atoms with van der Waals surface area (Å²) in [7, 11) is 0. The predicted molar refractivity (Wildman–Crippen MR) is 94.3 cm³/mol. The van der Waals surface area contributed by atoms with Gasteiger partial charge in [0.15, 0.2) is 5.78 Å². The van der Waals surface area contributed by atoms with Crippen LogP contribution in [-0.4, -0.2) is 52.8 Å². The summed E-state index contributed by atoms with van der Waals surface area (Å²) in [4.78, 5) is 37.1. The molecule has 1 aromatic rings. The van der Waals surface area contributed by atoms with Gasteiger partial charge in [0, 0.05) is 30.0 Å². The van der Waals surface area contributed by atoms with Crippen LogP contribution in [0.1, 0.15) is 43.5 Å². The lowest BCUT2D eigenvalue weighted by molar-refractivity contribution is -0.139. The predicted octanol–water partition coefficient (Wildman–Crippen LogP) is 2.09. The van der Waals surface area contributed by atoms with Crippen molar-refractivity contribution in [2.45, 2.75) is 45.2 Å². The number of halogens is 1. The van der Waals surface area contributed by atoms with E-state index in [2.05, 4.69) is 5.32 Å². The molecule has 0 heterocycles. The van der Waals surface area contributed by atoms with Crippen LogP contribution < -0.4 is 5.32 Å². The number of carbonyl (C=O) groups is 3.